The van der Waals surface area contributed by atoms with Crippen LogP contribution in [0.5, 0.6) is 0 Å². The van der Waals surface area contributed by atoms with Crippen molar-refractivity contribution in [1.29, 1.82) is 0 Å². The van der Waals surface area contributed by atoms with Crippen molar-refractivity contribution in [3.8, 4) is 0 Å². The zero-order valence-corrected chi connectivity index (χ0v) is 18.6. The van der Waals surface area contributed by atoms with Crippen molar-refractivity contribution < 1.29 is 4.79 Å². The van der Waals surface area contributed by atoms with E-state index in [-0.39, 0.29) is 29.1 Å². The lowest BCUT2D eigenvalue weighted by Crippen LogP contribution is -2.41. The van der Waals surface area contributed by atoms with Gasteiger partial charge < -0.3 is 15.3 Å². The first kappa shape index (κ1) is 21.8. The fourth-order valence-corrected chi connectivity index (χ4v) is 3.57. The molecule has 2 atom stereocenters. The summed E-state index contributed by atoms with van der Waals surface area (Å²) in [4.78, 5) is 29.6. The second-order valence-electron chi connectivity index (χ2n) is 9.31. The number of nitrogens with one attached hydrogen (secondary N) is 4. The maximum Gasteiger partial charge on any atom is 0.323 e. The van der Waals surface area contributed by atoms with Gasteiger partial charge in [0.15, 0.2) is 0 Å². The van der Waals surface area contributed by atoms with Crippen LogP contribution in [0.1, 0.15) is 58.7 Å². The lowest BCUT2D eigenvalue weighted by atomic mass is 9.85. The lowest BCUT2D eigenvalue weighted by molar-refractivity contribution is -0.118. The molecule has 0 radical (unpaired) electrons. The predicted molar refractivity (Wildman–Crippen MR) is 123 cm³/mol. The Morgan fingerprint density at radius 2 is 1.57 bits per heavy atom. The maximum atomic E-state index is 12.8. The summed E-state index contributed by atoms with van der Waals surface area (Å²) < 4.78 is 0. The Labute approximate surface area is 177 Å². The number of hydrogen-bond donors (Lipinski definition) is 4. The van der Waals surface area contributed by atoms with Crippen molar-refractivity contribution in [2.45, 2.75) is 59.0 Å². The number of anilines is 1. The summed E-state index contributed by atoms with van der Waals surface area (Å²) in [5.41, 5.74) is 4.33. The molecule has 1 heterocycles. The SMILES string of the molecule is CC(C)[C@@H](N[C@H](C)C(=O)Nc1ccc2[nH]c(=O)[nH]c2c1)c1ccc(C(C)(C)C)cc1. The molecule has 6 nitrogen and oxygen atoms in total. The molecular formula is C24H32N4O2. The molecular weight excluding hydrogens is 376 g/mol. The van der Waals surface area contributed by atoms with Crippen LogP contribution in [-0.2, 0) is 10.2 Å². The fraction of sp³-hybridized carbons (Fsp3) is 0.417. The van der Waals surface area contributed by atoms with Crippen LogP contribution in [0, 0.1) is 5.92 Å². The third kappa shape index (κ3) is 5.00. The maximum absolute atomic E-state index is 12.8. The fourth-order valence-electron chi connectivity index (χ4n) is 3.57. The molecule has 0 aliphatic carbocycles. The van der Waals surface area contributed by atoms with Gasteiger partial charge in [0.2, 0.25) is 5.91 Å². The van der Waals surface area contributed by atoms with Crippen LogP contribution in [-0.4, -0.2) is 21.9 Å². The second-order valence-corrected chi connectivity index (χ2v) is 9.31. The van der Waals surface area contributed by atoms with Gasteiger partial charge in [-0.3, -0.25) is 10.1 Å². The molecule has 0 aliphatic rings. The largest absolute Gasteiger partial charge is 0.325 e. The number of rotatable bonds is 6. The minimum atomic E-state index is -0.388. The highest BCUT2D eigenvalue weighted by Gasteiger charge is 2.23. The van der Waals surface area contributed by atoms with E-state index in [2.05, 4.69) is 79.5 Å². The van der Waals surface area contributed by atoms with E-state index < -0.39 is 0 Å². The topological polar surface area (TPSA) is 89.8 Å². The smallest absolute Gasteiger partial charge is 0.323 e. The van der Waals surface area contributed by atoms with Gasteiger partial charge in [-0.25, -0.2) is 4.79 Å². The zero-order valence-electron chi connectivity index (χ0n) is 18.6. The predicted octanol–water partition coefficient (Wildman–Crippen LogP) is 4.47. The van der Waals surface area contributed by atoms with E-state index in [1.807, 2.05) is 6.92 Å². The minimum absolute atomic E-state index is 0.0586. The van der Waals surface area contributed by atoms with Crippen molar-refractivity contribution in [2.24, 2.45) is 5.92 Å². The highest BCUT2D eigenvalue weighted by atomic mass is 16.2. The van der Waals surface area contributed by atoms with Crippen molar-refractivity contribution in [2.75, 3.05) is 5.32 Å². The number of aromatic amines is 2. The number of benzene rings is 2. The summed E-state index contributed by atoms with van der Waals surface area (Å²) in [6.07, 6.45) is 0. The molecule has 0 saturated carbocycles. The third-order valence-corrected chi connectivity index (χ3v) is 5.41. The summed E-state index contributed by atoms with van der Waals surface area (Å²) in [7, 11) is 0. The first-order valence-electron chi connectivity index (χ1n) is 10.4. The summed E-state index contributed by atoms with van der Waals surface area (Å²) in [5.74, 6) is 0.200. The van der Waals surface area contributed by atoms with Gasteiger partial charge in [0, 0.05) is 11.7 Å². The van der Waals surface area contributed by atoms with E-state index in [1.165, 1.54) is 11.1 Å². The molecule has 4 N–H and O–H groups in total. The van der Waals surface area contributed by atoms with E-state index in [1.54, 1.807) is 18.2 Å². The zero-order chi connectivity index (χ0) is 22.1. The van der Waals surface area contributed by atoms with Gasteiger partial charge >= 0.3 is 5.69 Å². The molecule has 0 bridgehead atoms. The van der Waals surface area contributed by atoms with E-state index in [0.717, 1.165) is 0 Å². The van der Waals surface area contributed by atoms with Gasteiger partial charge in [-0.1, -0.05) is 58.9 Å². The van der Waals surface area contributed by atoms with Gasteiger partial charge in [-0.15, -0.1) is 0 Å². The van der Waals surface area contributed by atoms with Crippen LogP contribution in [0.4, 0.5) is 5.69 Å². The average molecular weight is 409 g/mol. The molecule has 3 aromatic rings. The number of carbonyl (C=O) groups excluding carboxylic acids is 1. The lowest BCUT2D eigenvalue weighted by Gasteiger charge is -2.27. The first-order chi connectivity index (χ1) is 14.0. The quantitative estimate of drug-likeness (QED) is 0.485. The number of aromatic nitrogens is 2. The average Bonchev–Trinajstić information content (AvgIpc) is 3.04. The molecule has 0 spiro atoms. The standard InChI is InChI=1S/C24H32N4O2/c1-14(2)21(16-7-9-17(10-8-16)24(4,5)6)25-15(3)22(29)26-18-11-12-19-20(13-18)28-23(30)27-19/h7-15,21,25H,1-6H3,(H,26,29)(H2,27,28,30)/t15-,21-/m1/s1. The number of H-pyrrole nitrogens is 2. The number of imidazole rings is 1. The van der Waals surface area contributed by atoms with E-state index in [0.29, 0.717) is 22.6 Å². The molecule has 0 aliphatic heterocycles. The van der Waals surface area contributed by atoms with Crippen LogP contribution in [0.2, 0.25) is 0 Å². The molecule has 1 aromatic heterocycles. The number of carbonyl (C=O) groups is 1. The highest BCUT2D eigenvalue weighted by molar-refractivity contribution is 5.96. The van der Waals surface area contributed by atoms with Crippen LogP contribution < -0.4 is 16.3 Å². The molecule has 0 fully saturated rings. The molecule has 3 rings (SSSR count). The number of amides is 1. The highest BCUT2D eigenvalue weighted by Crippen LogP contribution is 2.27. The van der Waals surface area contributed by atoms with Gasteiger partial charge in [0.25, 0.3) is 0 Å². The Kier molecular flexibility index (Phi) is 6.17. The Morgan fingerprint density at radius 3 is 2.17 bits per heavy atom. The molecule has 1 amide bonds. The second kappa shape index (κ2) is 8.48. The van der Waals surface area contributed by atoms with Crippen molar-refractivity contribution >= 4 is 22.6 Å². The molecule has 0 saturated heterocycles. The van der Waals surface area contributed by atoms with Crippen molar-refractivity contribution in [3.63, 3.8) is 0 Å². The third-order valence-electron chi connectivity index (χ3n) is 5.41. The Hall–Kier alpha value is -2.86. The molecule has 160 valence electrons. The molecule has 30 heavy (non-hydrogen) atoms. The molecule has 6 heteroatoms. The molecule has 0 unspecified atom stereocenters. The van der Waals surface area contributed by atoms with Crippen molar-refractivity contribution in [3.05, 3.63) is 64.1 Å². The van der Waals surface area contributed by atoms with Crippen LogP contribution in [0.15, 0.2) is 47.3 Å². The summed E-state index contributed by atoms with van der Waals surface area (Å²) in [6.45, 7) is 12.8. The monoisotopic (exact) mass is 408 g/mol. The summed E-state index contributed by atoms with van der Waals surface area (Å²) in [5, 5.41) is 6.41. The first-order valence-corrected chi connectivity index (χ1v) is 10.4. The van der Waals surface area contributed by atoms with Crippen molar-refractivity contribution in [1.82, 2.24) is 15.3 Å². The van der Waals surface area contributed by atoms with Crippen LogP contribution >= 0.6 is 0 Å². The Bertz CT molecular complexity index is 1070. The van der Waals surface area contributed by atoms with Crippen LogP contribution in [0.3, 0.4) is 0 Å². The Morgan fingerprint density at radius 1 is 0.933 bits per heavy atom. The van der Waals surface area contributed by atoms with E-state index >= 15 is 0 Å². The van der Waals surface area contributed by atoms with Gasteiger partial charge in [0.1, 0.15) is 0 Å². The normalized spacial score (nSPS) is 14.1. The number of fused-ring (bicyclic) bond motifs is 1. The Balaban J connectivity index is 1.71. The summed E-state index contributed by atoms with van der Waals surface area (Å²) >= 11 is 0. The van der Waals surface area contributed by atoms with E-state index in [9.17, 15) is 9.59 Å². The molecule has 2 aromatic carbocycles. The van der Waals surface area contributed by atoms with Crippen LogP contribution in [0.25, 0.3) is 11.0 Å². The number of hydrogen-bond acceptors (Lipinski definition) is 3. The summed E-state index contributed by atoms with van der Waals surface area (Å²) in [6, 6.07) is 13.6. The minimum Gasteiger partial charge on any atom is -0.325 e. The van der Waals surface area contributed by atoms with Gasteiger partial charge in [-0.2, -0.15) is 0 Å². The van der Waals surface area contributed by atoms with Gasteiger partial charge in [0.05, 0.1) is 17.1 Å². The van der Waals surface area contributed by atoms with Gasteiger partial charge in [-0.05, 0) is 47.6 Å². The van der Waals surface area contributed by atoms with E-state index in [4.69, 9.17) is 0 Å².